The number of hydrogen-bond donors (Lipinski definition) is 4. The minimum atomic E-state index is -0.694. The van der Waals surface area contributed by atoms with E-state index in [0.717, 1.165) is 107 Å². The Morgan fingerprint density at radius 1 is 0.758 bits per heavy atom. The second-order valence-corrected chi connectivity index (χ2v) is 20.1. The molecular formula is C52H62N8O6. The first kappa shape index (κ1) is 43.7. The van der Waals surface area contributed by atoms with Gasteiger partial charge in [-0.25, -0.2) is 19.6 Å². The summed E-state index contributed by atoms with van der Waals surface area (Å²) in [4.78, 5) is 73.4. The number of carbonyl (C=O) groups is 4. The first-order valence-corrected chi connectivity index (χ1v) is 24.1. The van der Waals surface area contributed by atoms with E-state index >= 15 is 0 Å². The number of alkyl carbamates (subject to hydrolysis) is 2. The maximum absolute atomic E-state index is 13.9. The number of nitrogens with one attached hydrogen (secondary N) is 4. The molecule has 3 aliphatic carbocycles. The number of hydrogen-bond acceptors (Lipinski definition) is 8. The van der Waals surface area contributed by atoms with Gasteiger partial charge in [0.15, 0.2) is 0 Å². The third-order valence-electron chi connectivity index (χ3n) is 15.3. The quantitative estimate of drug-likeness (QED) is 0.0958. The van der Waals surface area contributed by atoms with Gasteiger partial charge in [0.1, 0.15) is 23.7 Å². The highest BCUT2D eigenvalue weighted by molar-refractivity contribution is 5.91. The molecule has 14 nitrogen and oxygen atoms in total. The molecule has 2 aliphatic heterocycles. The zero-order valence-electron chi connectivity index (χ0n) is 38.5. The van der Waals surface area contributed by atoms with Crippen molar-refractivity contribution in [1.82, 2.24) is 40.4 Å². The van der Waals surface area contributed by atoms with Gasteiger partial charge in [-0.1, -0.05) is 81.6 Å². The van der Waals surface area contributed by atoms with Crippen LogP contribution in [0.1, 0.15) is 115 Å². The maximum Gasteiger partial charge on any atom is 0.407 e. The van der Waals surface area contributed by atoms with Crippen LogP contribution in [-0.2, 0) is 19.1 Å². The van der Waals surface area contributed by atoms with E-state index in [9.17, 15) is 19.2 Å². The van der Waals surface area contributed by atoms with E-state index in [1.165, 1.54) is 26.4 Å². The molecule has 5 fully saturated rings. The molecule has 2 saturated heterocycles. The molecule has 5 aliphatic rings. The monoisotopic (exact) mass is 894 g/mol. The maximum atomic E-state index is 13.9. The SMILES string of the molecule is COC(=O)N[C@H](C(=O)N1CC2(CC2)C[C@H]1c1ncc(-c2ccc3cc(-c4ccc(-c5cnc([C@@H]6[C@H]7CC[C@H](C7)N6C(=O)[C@H](C)NC(=O)OCC6CCCCC6)[nH]5)cc4)ccc3c2)[nH]1)C(C)C. The molecule has 0 unspecified atom stereocenters. The molecule has 10 rings (SSSR count). The Morgan fingerprint density at radius 2 is 1.41 bits per heavy atom. The van der Waals surface area contributed by atoms with Gasteiger partial charge in [-0.05, 0) is 121 Å². The van der Waals surface area contributed by atoms with Crippen molar-refractivity contribution < 1.29 is 28.7 Å². The molecule has 4 heterocycles. The molecule has 3 aromatic carbocycles. The van der Waals surface area contributed by atoms with Gasteiger partial charge in [0, 0.05) is 18.2 Å². The second kappa shape index (κ2) is 17.9. The number of piperidine rings is 1. The number of ether oxygens (including phenoxy) is 2. The molecule has 14 heteroatoms. The molecule has 4 amide bonds. The predicted molar refractivity (Wildman–Crippen MR) is 251 cm³/mol. The summed E-state index contributed by atoms with van der Waals surface area (Å²) in [6.45, 7) is 6.68. The van der Waals surface area contributed by atoms with E-state index in [4.69, 9.17) is 19.4 Å². The van der Waals surface area contributed by atoms with Crippen molar-refractivity contribution >= 4 is 34.8 Å². The minimum absolute atomic E-state index is 0.0914. The van der Waals surface area contributed by atoms with Gasteiger partial charge >= 0.3 is 12.2 Å². The number of H-pyrrole nitrogens is 2. The molecule has 1 spiro atoms. The first-order chi connectivity index (χ1) is 32.0. The van der Waals surface area contributed by atoms with Crippen molar-refractivity contribution in [3.63, 3.8) is 0 Å². The Kier molecular flexibility index (Phi) is 11.8. The average Bonchev–Trinajstić information content (AvgIpc) is 3.97. The van der Waals surface area contributed by atoms with Gasteiger partial charge in [0.2, 0.25) is 11.8 Å². The summed E-state index contributed by atoms with van der Waals surface area (Å²) in [6.07, 6.45) is 14.4. The van der Waals surface area contributed by atoms with Crippen molar-refractivity contribution in [1.29, 1.82) is 0 Å². The van der Waals surface area contributed by atoms with Crippen LogP contribution in [0.15, 0.2) is 73.1 Å². The lowest BCUT2D eigenvalue weighted by Gasteiger charge is -2.36. The van der Waals surface area contributed by atoms with Crippen LogP contribution < -0.4 is 10.6 Å². The van der Waals surface area contributed by atoms with Gasteiger partial charge in [0.25, 0.3) is 0 Å². The van der Waals surface area contributed by atoms with Crippen molar-refractivity contribution in [2.24, 2.45) is 23.2 Å². The lowest BCUT2D eigenvalue weighted by atomic mass is 9.90. The average molecular weight is 895 g/mol. The van der Waals surface area contributed by atoms with Gasteiger partial charge in [-0.3, -0.25) is 9.59 Å². The zero-order valence-corrected chi connectivity index (χ0v) is 38.5. The van der Waals surface area contributed by atoms with Crippen LogP contribution in [0, 0.1) is 23.2 Å². The molecule has 0 radical (unpaired) electrons. The number of likely N-dealkylation sites (tertiary alicyclic amines) is 2. The largest absolute Gasteiger partial charge is 0.453 e. The Morgan fingerprint density at radius 3 is 2.12 bits per heavy atom. The van der Waals surface area contributed by atoms with Crippen molar-refractivity contribution in [3.05, 3.63) is 84.7 Å². The first-order valence-electron chi connectivity index (χ1n) is 24.1. The van der Waals surface area contributed by atoms with Crippen molar-refractivity contribution in [2.45, 2.75) is 122 Å². The van der Waals surface area contributed by atoms with E-state index in [0.29, 0.717) is 25.0 Å². The number of nitrogens with zero attached hydrogens (tertiary/aromatic N) is 4. The lowest BCUT2D eigenvalue weighted by molar-refractivity contribution is -0.138. The number of aromatic amines is 2. The van der Waals surface area contributed by atoms with Gasteiger partial charge in [-0.15, -0.1) is 0 Å². The molecule has 6 atom stereocenters. The van der Waals surface area contributed by atoms with Gasteiger partial charge < -0.3 is 39.9 Å². The summed E-state index contributed by atoms with van der Waals surface area (Å²) in [7, 11) is 1.31. The van der Waals surface area contributed by atoms with Crippen molar-refractivity contribution in [2.75, 3.05) is 20.3 Å². The van der Waals surface area contributed by atoms with E-state index < -0.39 is 24.3 Å². The van der Waals surface area contributed by atoms with Crippen LogP contribution in [0.2, 0.25) is 0 Å². The van der Waals surface area contributed by atoms with E-state index in [1.807, 2.05) is 36.0 Å². The molecule has 4 N–H and O–H groups in total. The number of benzene rings is 3. The normalized spacial score (nSPS) is 23.0. The predicted octanol–water partition coefficient (Wildman–Crippen LogP) is 9.47. The zero-order chi connectivity index (χ0) is 45.7. The fourth-order valence-corrected chi connectivity index (χ4v) is 11.4. The summed E-state index contributed by atoms with van der Waals surface area (Å²) in [5.74, 6) is 1.98. The number of methoxy groups -OCH3 is 1. The lowest BCUT2D eigenvalue weighted by Crippen LogP contribution is -2.51. The van der Waals surface area contributed by atoms with Crippen LogP contribution in [0.25, 0.3) is 44.4 Å². The Balaban J connectivity index is 0.795. The summed E-state index contributed by atoms with van der Waals surface area (Å²) in [5, 5.41) is 7.79. The Labute approximate surface area is 386 Å². The molecule has 66 heavy (non-hydrogen) atoms. The molecule has 2 bridgehead atoms. The van der Waals surface area contributed by atoms with Crippen LogP contribution in [0.4, 0.5) is 9.59 Å². The summed E-state index contributed by atoms with van der Waals surface area (Å²) < 4.78 is 10.4. The van der Waals surface area contributed by atoms with Crippen LogP contribution >= 0.6 is 0 Å². The van der Waals surface area contributed by atoms with Crippen molar-refractivity contribution in [3.8, 4) is 33.6 Å². The third kappa shape index (κ3) is 8.66. The number of rotatable bonds is 12. The van der Waals surface area contributed by atoms with Crippen LogP contribution in [0.3, 0.4) is 0 Å². The number of imidazole rings is 2. The highest BCUT2D eigenvalue weighted by atomic mass is 16.5. The number of amides is 4. The Hall–Kier alpha value is -6.18. The highest BCUT2D eigenvalue weighted by Gasteiger charge is 2.55. The topological polar surface area (TPSA) is 175 Å². The summed E-state index contributed by atoms with van der Waals surface area (Å²) >= 11 is 0. The summed E-state index contributed by atoms with van der Waals surface area (Å²) in [5.41, 5.74) is 6.12. The number of aromatic nitrogens is 4. The van der Waals surface area contributed by atoms with Gasteiger partial charge in [-0.2, -0.15) is 0 Å². The number of carbonyl (C=O) groups excluding carboxylic acids is 4. The molecule has 3 saturated carbocycles. The van der Waals surface area contributed by atoms with E-state index in [2.05, 4.69) is 81.3 Å². The minimum Gasteiger partial charge on any atom is -0.453 e. The Bertz CT molecular complexity index is 2610. The van der Waals surface area contributed by atoms with Crippen LogP contribution in [-0.4, -0.2) is 92.1 Å². The fraction of sp³-hybridized carbons (Fsp3) is 0.500. The molecular weight excluding hydrogens is 833 g/mol. The van der Waals surface area contributed by atoms with E-state index in [-0.39, 0.29) is 41.3 Å². The molecule has 5 aromatic rings. The molecule has 346 valence electrons. The fourth-order valence-electron chi connectivity index (χ4n) is 11.4. The third-order valence-corrected chi connectivity index (χ3v) is 15.3. The molecule has 2 aromatic heterocycles. The number of fused-ring (bicyclic) bond motifs is 3. The van der Waals surface area contributed by atoms with E-state index in [1.54, 1.807) is 6.92 Å². The smallest absolute Gasteiger partial charge is 0.407 e. The van der Waals surface area contributed by atoms with Crippen LogP contribution in [0.5, 0.6) is 0 Å². The standard InChI is InChI=1S/C52H62N8O6/c1-30(2)44(58-50(63)65-4)49(62)59-29-52(20-21-52)25-43(59)46-53-27-42(56-46)38-17-16-36-22-35(14-15-37(36)23-38)33-10-12-34(13-11-33)41-26-54-47(57-41)45-39-18-19-40(24-39)60(45)48(61)31(3)55-51(64)66-28-32-8-6-5-7-9-32/h10-17,22-23,26-27,30-32,39-40,43-45H,5-9,18-21,24-25,28-29H2,1-4H3,(H,53,56)(H,54,57)(H,55,64)(H,58,63)/t31-,39-,40+,43-,44-,45-/m0/s1. The second-order valence-electron chi connectivity index (χ2n) is 20.1. The summed E-state index contributed by atoms with van der Waals surface area (Å²) in [6, 6.07) is 19.8. The van der Waals surface area contributed by atoms with Gasteiger partial charge in [0.05, 0.1) is 49.6 Å². The highest BCUT2D eigenvalue weighted by Crippen LogP contribution is 2.58.